The SMILES string of the molecule is O=S1(=O)N=C(Cl)Nc2c(C(F)(F)F)cccc21. The second kappa shape index (κ2) is 3.61. The molecule has 0 aromatic heterocycles. The van der Waals surface area contributed by atoms with Crippen LogP contribution in [0.4, 0.5) is 18.9 Å². The minimum Gasteiger partial charge on any atom is -0.328 e. The van der Waals surface area contributed by atoms with Gasteiger partial charge in [-0.15, -0.1) is 4.40 Å². The molecular formula is C8H4ClF3N2O2S. The first-order chi connectivity index (χ1) is 7.72. The second-order valence-corrected chi connectivity index (χ2v) is 5.09. The van der Waals surface area contributed by atoms with E-state index in [1.807, 2.05) is 0 Å². The topological polar surface area (TPSA) is 58.5 Å². The molecule has 17 heavy (non-hydrogen) atoms. The van der Waals surface area contributed by atoms with Crippen molar-refractivity contribution in [2.24, 2.45) is 4.40 Å². The van der Waals surface area contributed by atoms with Crippen LogP contribution in [0.15, 0.2) is 27.5 Å². The van der Waals surface area contributed by atoms with Gasteiger partial charge in [0.25, 0.3) is 10.0 Å². The number of benzene rings is 1. The van der Waals surface area contributed by atoms with Crippen molar-refractivity contribution in [2.75, 3.05) is 5.32 Å². The molecule has 92 valence electrons. The molecule has 0 saturated carbocycles. The van der Waals surface area contributed by atoms with Crippen LogP contribution in [0.25, 0.3) is 0 Å². The van der Waals surface area contributed by atoms with E-state index in [0.717, 1.165) is 18.2 Å². The van der Waals surface area contributed by atoms with Gasteiger partial charge in [0.1, 0.15) is 4.90 Å². The fraction of sp³-hybridized carbons (Fsp3) is 0.125. The smallest absolute Gasteiger partial charge is 0.328 e. The normalized spacial score (nSPS) is 18.0. The average Bonchev–Trinajstić information content (AvgIpc) is 2.13. The Bertz CT molecular complexity index is 610. The lowest BCUT2D eigenvalue weighted by atomic mass is 10.1. The number of hydrogen-bond donors (Lipinski definition) is 1. The van der Waals surface area contributed by atoms with Gasteiger partial charge in [0, 0.05) is 0 Å². The Balaban J connectivity index is 2.76. The van der Waals surface area contributed by atoms with Crippen molar-refractivity contribution in [3.8, 4) is 0 Å². The van der Waals surface area contributed by atoms with E-state index in [1.165, 1.54) is 0 Å². The molecule has 0 amide bonds. The van der Waals surface area contributed by atoms with Gasteiger partial charge < -0.3 is 5.32 Å². The molecule has 4 nitrogen and oxygen atoms in total. The number of fused-ring (bicyclic) bond motifs is 1. The number of halogens is 4. The quantitative estimate of drug-likeness (QED) is 0.744. The first-order valence-electron chi connectivity index (χ1n) is 4.19. The zero-order chi connectivity index (χ0) is 12.8. The summed E-state index contributed by atoms with van der Waals surface area (Å²) in [6.45, 7) is 0. The lowest BCUT2D eigenvalue weighted by Crippen LogP contribution is -2.21. The van der Waals surface area contributed by atoms with E-state index in [2.05, 4.69) is 9.71 Å². The van der Waals surface area contributed by atoms with E-state index in [9.17, 15) is 21.6 Å². The van der Waals surface area contributed by atoms with E-state index in [-0.39, 0.29) is 0 Å². The summed E-state index contributed by atoms with van der Waals surface area (Å²) < 4.78 is 63.9. The molecule has 1 aliphatic heterocycles. The van der Waals surface area contributed by atoms with E-state index in [4.69, 9.17) is 11.6 Å². The summed E-state index contributed by atoms with van der Waals surface area (Å²) in [6, 6.07) is 2.78. The largest absolute Gasteiger partial charge is 0.418 e. The summed E-state index contributed by atoms with van der Waals surface area (Å²) in [5.41, 5.74) is -1.70. The Morgan fingerprint density at radius 1 is 1.29 bits per heavy atom. The Morgan fingerprint density at radius 2 is 1.94 bits per heavy atom. The van der Waals surface area contributed by atoms with Crippen LogP contribution in [-0.4, -0.2) is 13.7 Å². The van der Waals surface area contributed by atoms with Crippen LogP contribution in [-0.2, 0) is 16.2 Å². The highest BCUT2D eigenvalue weighted by molar-refractivity contribution is 7.90. The number of nitrogens with one attached hydrogen (secondary N) is 1. The van der Waals surface area contributed by atoms with Crippen molar-refractivity contribution >= 4 is 32.6 Å². The molecule has 1 heterocycles. The summed E-state index contributed by atoms with van der Waals surface area (Å²) in [4.78, 5) is -0.545. The standard InChI is InChI=1S/C8H4ClF3N2O2S/c9-7-13-6-4(8(10,11)12)2-1-3-5(6)17(15,16)14-7/h1-3H,(H,13,14). The first-order valence-corrected chi connectivity index (χ1v) is 6.01. The molecule has 0 aliphatic carbocycles. The minimum absolute atomic E-state index is 0.545. The third kappa shape index (κ3) is 2.09. The molecule has 1 aliphatic rings. The molecule has 0 atom stereocenters. The van der Waals surface area contributed by atoms with Gasteiger partial charge in [-0.05, 0) is 23.7 Å². The molecule has 2 rings (SSSR count). The van der Waals surface area contributed by atoms with Crippen molar-refractivity contribution in [1.29, 1.82) is 0 Å². The predicted molar refractivity (Wildman–Crippen MR) is 55.5 cm³/mol. The van der Waals surface area contributed by atoms with Gasteiger partial charge in [-0.25, -0.2) is 0 Å². The maximum Gasteiger partial charge on any atom is 0.418 e. The molecule has 0 saturated heterocycles. The van der Waals surface area contributed by atoms with Crippen LogP contribution in [0.1, 0.15) is 5.56 Å². The summed E-state index contributed by atoms with van der Waals surface area (Å²) in [7, 11) is -4.18. The highest BCUT2D eigenvalue weighted by Crippen LogP contribution is 2.40. The zero-order valence-corrected chi connectivity index (χ0v) is 9.49. The molecule has 0 spiro atoms. The summed E-state index contributed by atoms with van der Waals surface area (Å²) in [6.07, 6.45) is -4.68. The maximum absolute atomic E-state index is 12.6. The Hall–Kier alpha value is -1.28. The van der Waals surface area contributed by atoms with Crippen LogP contribution in [0.3, 0.4) is 0 Å². The van der Waals surface area contributed by atoms with Gasteiger partial charge in [0.2, 0.25) is 5.29 Å². The minimum atomic E-state index is -4.68. The molecule has 1 aromatic rings. The summed E-state index contributed by atoms with van der Waals surface area (Å²) in [5, 5.41) is 1.49. The van der Waals surface area contributed by atoms with Crippen LogP contribution < -0.4 is 5.32 Å². The van der Waals surface area contributed by atoms with Crippen molar-refractivity contribution in [2.45, 2.75) is 11.1 Å². The van der Waals surface area contributed by atoms with Gasteiger partial charge >= 0.3 is 6.18 Å². The molecule has 9 heteroatoms. The van der Waals surface area contributed by atoms with E-state index < -0.39 is 37.6 Å². The third-order valence-corrected chi connectivity index (χ3v) is 3.64. The Kier molecular flexibility index (Phi) is 2.58. The molecule has 0 radical (unpaired) electrons. The number of alkyl halides is 3. The molecule has 0 unspecified atom stereocenters. The zero-order valence-electron chi connectivity index (χ0n) is 7.92. The van der Waals surface area contributed by atoms with Crippen molar-refractivity contribution in [3.05, 3.63) is 23.8 Å². The fourth-order valence-corrected chi connectivity index (χ4v) is 2.78. The molecule has 1 N–H and O–H groups in total. The van der Waals surface area contributed by atoms with Gasteiger partial charge in [0.15, 0.2) is 0 Å². The monoisotopic (exact) mass is 284 g/mol. The summed E-state index contributed by atoms with van der Waals surface area (Å²) >= 11 is 5.34. The number of anilines is 1. The highest BCUT2D eigenvalue weighted by Gasteiger charge is 2.38. The van der Waals surface area contributed by atoms with Gasteiger partial charge in [-0.1, -0.05) is 6.07 Å². The average molecular weight is 285 g/mol. The lowest BCUT2D eigenvalue weighted by Gasteiger charge is -2.19. The first kappa shape index (κ1) is 12.2. The number of sulfonamides is 1. The van der Waals surface area contributed by atoms with Crippen LogP contribution in [0.2, 0.25) is 0 Å². The predicted octanol–water partition coefficient (Wildman–Crippen LogP) is 2.41. The number of para-hydroxylation sites is 1. The molecule has 1 aromatic carbocycles. The maximum atomic E-state index is 12.6. The number of nitrogens with zero attached hydrogens (tertiary/aromatic N) is 1. The molecule has 0 fully saturated rings. The van der Waals surface area contributed by atoms with E-state index in [1.54, 1.807) is 0 Å². The van der Waals surface area contributed by atoms with Crippen molar-refractivity contribution < 1.29 is 21.6 Å². The number of rotatable bonds is 0. The van der Waals surface area contributed by atoms with Gasteiger partial charge in [0.05, 0.1) is 11.3 Å². The van der Waals surface area contributed by atoms with Gasteiger partial charge in [-0.3, -0.25) is 0 Å². The van der Waals surface area contributed by atoms with Crippen molar-refractivity contribution in [3.63, 3.8) is 0 Å². The fourth-order valence-electron chi connectivity index (χ4n) is 1.39. The van der Waals surface area contributed by atoms with Crippen molar-refractivity contribution in [1.82, 2.24) is 0 Å². The third-order valence-electron chi connectivity index (χ3n) is 2.04. The van der Waals surface area contributed by atoms with Crippen LogP contribution in [0.5, 0.6) is 0 Å². The van der Waals surface area contributed by atoms with Crippen LogP contribution >= 0.6 is 11.6 Å². The van der Waals surface area contributed by atoms with Gasteiger partial charge in [-0.2, -0.15) is 21.6 Å². The number of hydrogen-bond acceptors (Lipinski definition) is 3. The second-order valence-electron chi connectivity index (χ2n) is 3.16. The Labute approximate surface area is 99.2 Å². The Morgan fingerprint density at radius 3 is 2.53 bits per heavy atom. The highest BCUT2D eigenvalue weighted by atomic mass is 35.5. The molecule has 0 bridgehead atoms. The molecular weight excluding hydrogens is 281 g/mol. The lowest BCUT2D eigenvalue weighted by molar-refractivity contribution is -0.137. The van der Waals surface area contributed by atoms with E-state index in [0.29, 0.717) is 0 Å². The number of amidine groups is 1. The summed E-state index contributed by atoms with van der Waals surface area (Å²) in [5.74, 6) is 0. The van der Waals surface area contributed by atoms with E-state index >= 15 is 0 Å². The van der Waals surface area contributed by atoms with Crippen LogP contribution in [0, 0.1) is 0 Å².